The van der Waals surface area contributed by atoms with Crippen LogP contribution in [-0.4, -0.2) is 61.8 Å². The Bertz CT molecular complexity index is 933. The second-order valence-electron chi connectivity index (χ2n) is 7.41. The summed E-state index contributed by atoms with van der Waals surface area (Å²) in [6.45, 7) is 5.06. The highest BCUT2D eigenvalue weighted by molar-refractivity contribution is 6.10. The van der Waals surface area contributed by atoms with E-state index in [4.69, 9.17) is 0 Å². The van der Waals surface area contributed by atoms with Gasteiger partial charge < -0.3 is 10.2 Å². The molecule has 2 amide bonds. The standard InChI is InChI=1S/C22H24N4O3/c1-16(27)17-6-8-18(9-7-17)25-12-10-24(11-13-25)15-22(29)26-14-21(28)23-19-4-2-3-5-20(19)26/h2-9H,10-15H2,1H3,(H,23,28). The molecule has 0 unspecified atom stereocenters. The van der Waals surface area contributed by atoms with Gasteiger partial charge in [0, 0.05) is 37.4 Å². The summed E-state index contributed by atoms with van der Waals surface area (Å²) in [6, 6.07) is 15.0. The van der Waals surface area contributed by atoms with Crippen molar-refractivity contribution in [3.05, 3.63) is 54.1 Å². The normalized spacial score (nSPS) is 16.9. The van der Waals surface area contributed by atoms with E-state index in [1.807, 2.05) is 48.5 Å². The maximum absolute atomic E-state index is 12.9. The fourth-order valence-electron chi connectivity index (χ4n) is 3.80. The molecule has 1 fully saturated rings. The molecule has 4 rings (SSSR count). The van der Waals surface area contributed by atoms with E-state index in [0.717, 1.165) is 37.6 Å². The highest BCUT2D eigenvalue weighted by Crippen LogP contribution is 2.29. The van der Waals surface area contributed by atoms with Gasteiger partial charge in [0.05, 0.1) is 17.9 Å². The molecule has 2 aliphatic rings. The maximum Gasteiger partial charge on any atom is 0.244 e. The number of para-hydroxylation sites is 2. The maximum atomic E-state index is 12.9. The molecular formula is C22H24N4O3. The Balaban J connectivity index is 1.36. The van der Waals surface area contributed by atoms with Gasteiger partial charge in [-0.25, -0.2) is 0 Å². The van der Waals surface area contributed by atoms with Crippen LogP contribution >= 0.6 is 0 Å². The lowest BCUT2D eigenvalue weighted by atomic mass is 10.1. The zero-order chi connectivity index (χ0) is 20.4. The number of carbonyl (C=O) groups excluding carboxylic acids is 3. The van der Waals surface area contributed by atoms with Crippen molar-refractivity contribution in [3.8, 4) is 0 Å². The van der Waals surface area contributed by atoms with Crippen molar-refractivity contribution in [3.63, 3.8) is 0 Å². The number of amides is 2. The van der Waals surface area contributed by atoms with Crippen molar-refractivity contribution in [2.45, 2.75) is 6.92 Å². The Morgan fingerprint density at radius 3 is 2.34 bits per heavy atom. The molecule has 29 heavy (non-hydrogen) atoms. The average molecular weight is 392 g/mol. The van der Waals surface area contributed by atoms with E-state index in [2.05, 4.69) is 15.1 Å². The van der Waals surface area contributed by atoms with Crippen LogP contribution in [0.25, 0.3) is 0 Å². The van der Waals surface area contributed by atoms with Crippen molar-refractivity contribution in [1.29, 1.82) is 0 Å². The number of nitrogens with one attached hydrogen (secondary N) is 1. The summed E-state index contributed by atoms with van der Waals surface area (Å²) in [6.07, 6.45) is 0. The number of anilines is 3. The van der Waals surface area contributed by atoms with E-state index < -0.39 is 0 Å². The molecular weight excluding hydrogens is 368 g/mol. The van der Waals surface area contributed by atoms with Gasteiger partial charge in [0.2, 0.25) is 11.8 Å². The number of nitrogens with zero attached hydrogens (tertiary/aromatic N) is 3. The van der Waals surface area contributed by atoms with E-state index in [9.17, 15) is 14.4 Å². The molecule has 1 saturated heterocycles. The van der Waals surface area contributed by atoms with Crippen molar-refractivity contribution in [2.75, 3.05) is 54.4 Å². The Morgan fingerprint density at radius 2 is 1.66 bits per heavy atom. The van der Waals surface area contributed by atoms with Crippen molar-refractivity contribution in [1.82, 2.24) is 4.90 Å². The molecule has 150 valence electrons. The Kier molecular flexibility index (Phi) is 5.31. The number of benzene rings is 2. The number of piperazine rings is 1. The van der Waals surface area contributed by atoms with Gasteiger partial charge in [-0.05, 0) is 43.3 Å². The zero-order valence-corrected chi connectivity index (χ0v) is 16.4. The van der Waals surface area contributed by atoms with Gasteiger partial charge in [-0.1, -0.05) is 12.1 Å². The van der Waals surface area contributed by atoms with Crippen LogP contribution in [-0.2, 0) is 9.59 Å². The van der Waals surface area contributed by atoms with Crippen LogP contribution in [0.1, 0.15) is 17.3 Å². The minimum Gasteiger partial charge on any atom is -0.369 e. The first-order chi connectivity index (χ1) is 14.0. The van der Waals surface area contributed by atoms with E-state index in [1.165, 1.54) is 0 Å². The molecule has 2 heterocycles. The number of carbonyl (C=O) groups is 3. The Morgan fingerprint density at radius 1 is 0.966 bits per heavy atom. The predicted molar refractivity (Wildman–Crippen MR) is 113 cm³/mol. The summed E-state index contributed by atoms with van der Waals surface area (Å²) < 4.78 is 0. The van der Waals surface area contributed by atoms with Crippen LogP contribution in [0.3, 0.4) is 0 Å². The minimum atomic E-state index is -0.170. The molecule has 7 heteroatoms. The van der Waals surface area contributed by atoms with Gasteiger partial charge in [0.25, 0.3) is 0 Å². The number of Topliss-reactive ketones (excluding diaryl/α,β-unsaturated/α-hetero) is 1. The summed E-state index contributed by atoms with van der Waals surface area (Å²) in [5.74, 6) is -0.171. The molecule has 0 aromatic heterocycles. The molecule has 0 spiro atoms. The quantitative estimate of drug-likeness (QED) is 0.806. The smallest absolute Gasteiger partial charge is 0.244 e. The first-order valence-electron chi connectivity index (χ1n) is 9.79. The van der Waals surface area contributed by atoms with Crippen LogP contribution < -0.4 is 15.1 Å². The lowest BCUT2D eigenvalue weighted by molar-refractivity contribution is -0.122. The second kappa shape index (κ2) is 8.05. The van der Waals surface area contributed by atoms with Gasteiger partial charge in [0.1, 0.15) is 6.54 Å². The Hall–Kier alpha value is -3.19. The number of hydrogen-bond acceptors (Lipinski definition) is 5. The molecule has 0 bridgehead atoms. The fraction of sp³-hybridized carbons (Fsp3) is 0.318. The minimum absolute atomic E-state index is 0.0539. The largest absolute Gasteiger partial charge is 0.369 e. The van der Waals surface area contributed by atoms with Gasteiger partial charge in [-0.2, -0.15) is 0 Å². The third-order valence-electron chi connectivity index (χ3n) is 5.44. The summed E-state index contributed by atoms with van der Waals surface area (Å²) in [7, 11) is 0. The Labute approximate surface area is 169 Å². The molecule has 2 aromatic carbocycles. The highest BCUT2D eigenvalue weighted by atomic mass is 16.2. The molecule has 0 saturated carbocycles. The number of rotatable bonds is 4. The van der Waals surface area contributed by atoms with Gasteiger partial charge in [0.15, 0.2) is 5.78 Å². The predicted octanol–water partition coefficient (Wildman–Crippen LogP) is 2.00. The highest BCUT2D eigenvalue weighted by Gasteiger charge is 2.28. The molecule has 2 aromatic rings. The lowest BCUT2D eigenvalue weighted by Gasteiger charge is -2.37. The molecule has 0 aliphatic carbocycles. The average Bonchev–Trinajstić information content (AvgIpc) is 2.73. The van der Waals surface area contributed by atoms with Crippen molar-refractivity contribution < 1.29 is 14.4 Å². The van der Waals surface area contributed by atoms with Crippen LogP contribution in [0.15, 0.2) is 48.5 Å². The lowest BCUT2D eigenvalue weighted by Crippen LogP contribution is -2.52. The van der Waals surface area contributed by atoms with Crippen LogP contribution in [0, 0.1) is 0 Å². The number of ketones is 1. The third kappa shape index (κ3) is 4.14. The topological polar surface area (TPSA) is 73.0 Å². The summed E-state index contributed by atoms with van der Waals surface area (Å²) in [5, 5.41) is 2.81. The first kappa shape index (κ1) is 19.1. The van der Waals surface area contributed by atoms with Crippen molar-refractivity contribution >= 4 is 34.7 Å². The first-order valence-corrected chi connectivity index (χ1v) is 9.79. The van der Waals surface area contributed by atoms with E-state index in [0.29, 0.717) is 17.8 Å². The van der Waals surface area contributed by atoms with Crippen LogP contribution in [0.4, 0.5) is 17.1 Å². The number of hydrogen-bond donors (Lipinski definition) is 1. The van der Waals surface area contributed by atoms with E-state index in [-0.39, 0.29) is 24.1 Å². The second-order valence-corrected chi connectivity index (χ2v) is 7.41. The SMILES string of the molecule is CC(=O)c1ccc(N2CCN(CC(=O)N3CC(=O)Nc4ccccc43)CC2)cc1. The third-order valence-corrected chi connectivity index (χ3v) is 5.44. The molecule has 7 nitrogen and oxygen atoms in total. The molecule has 0 radical (unpaired) electrons. The van der Waals surface area contributed by atoms with Crippen LogP contribution in [0.5, 0.6) is 0 Å². The van der Waals surface area contributed by atoms with E-state index >= 15 is 0 Å². The van der Waals surface area contributed by atoms with Crippen molar-refractivity contribution in [2.24, 2.45) is 0 Å². The van der Waals surface area contributed by atoms with E-state index in [1.54, 1.807) is 11.8 Å². The van der Waals surface area contributed by atoms with Crippen LogP contribution in [0.2, 0.25) is 0 Å². The fourth-order valence-corrected chi connectivity index (χ4v) is 3.80. The monoisotopic (exact) mass is 392 g/mol. The summed E-state index contributed by atoms with van der Waals surface area (Å²) in [4.78, 5) is 42.2. The summed E-state index contributed by atoms with van der Waals surface area (Å²) in [5.41, 5.74) is 3.23. The van der Waals surface area contributed by atoms with Gasteiger partial charge in [-0.3, -0.25) is 24.2 Å². The number of fused-ring (bicyclic) bond motifs is 1. The summed E-state index contributed by atoms with van der Waals surface area (Å²) >= 11 is 0. The molecule has 2 aliphatic heterocycles. The zero-order valence-electron chi connectivity index (χ0n) is 16.4. The van der Waals surface area contributed by atoms with Gasteiger partial charge in [-0.15, -0.1) is 0 Å². The molecule has 1 N–H and O–H groups in total. The van der Waals surface area contributed by atoms with Gasteiger partial charge >= 0.3 is 0 Å². The molecule has 0 atom stereocenters.